The first-order chi connectivity index (χ1) is 12.2. The summed E-state index contributed by atoms with van der Waals surface area (Å²) >= 11 is 0. The molecule has 0 unspecified atom stereocenters. The lowest BCUT2D eigenvalue weighted by molar-refractivity contribution is 0.0601. The summed E-state index contributed by atoms with van der Waals surface area (Å²) in [6.07, 6.45) is 0. The molecule has 0 heterocycles. The van der Waals surface area contributed by atoms with E-state index in [1.165, 1.54) is 19.2 Å². The highest BCUT2D eigenvalue weighted by molar-refractivity contribution is 7.92. The van der Waals surface area contributed by atoms with Crippen LogP contribution >= 0.6 is 0 Å². The zero-order chi connectivity index (χ0) is 19.5. The Bertz CT molecular complexity index is 920. The monoisotopic (exact) mass is 377 g/mol. The summed E-state index contributed by atoms with van der Waals surface area (Å²) in [6.45, 7) is 5.68. The molecule has 0 atom stereocenters. The molecule has 2 aromatic carbocycles. The molecule has 0 aromatic heterocycles. The molecule has 2 rings (SSSR count). The SMILES string of the molecule is COC(=O)c1ccc(C)c(NS(=O)(=O)c2ccc(OC)c(C(C)C)c2)c1. The van der Waals surface area contributed by atoms with E-state index >= 15 is 0 Å². The molecule has 0 aliphatic heterocycles. The summed E-state index contributed by atoms with van der Waals surface area (Å²) < 4.78 is 38.2. The first-order valence-electron chi connectivity index (χ1n) is 8.09. The second-order valence-electron chi connectivity index (χ2n) is 6.19. The van der Waals surface area contributed by atoms with E-state index in [9.17, 15) is 13.2 Å². The van der Waals surface area contributed by atoms with Crippen molar-refractivity contribution >= 4 is 21.7 Å². The molecule has 6 nitrogen and oxygen atoms in total. The summed E-state index contributed by atoms with van der Waals surface area (Å²) in [4.78, 5) is 11.8. The Morgan fingerprint density at radius 1 is 1.08 bits per heavy atom. The Hall–Kier alpha value is -2.54. The van der Waals surface area contributed by atoms with Crippen molar-refractivity contribution in [2.45, 2.75) is 31.6 Å². The van der Waals surface area contributed by atoms with Gasteiger partial charge in [-0.2, -0.15) is 0 Å². The van der Waals surface area contributed by atoms with Gasteiger partial charge in [-0.15, -0.1) is 0 Å². The smallest absolute Gasteiger partial charge is 0.337 e. The van der Waals surface area contributed by atoms with Gasteiger partial charge in [-0.05, 0) is 54.3 Å². The average Bonchev–Trinajstić information content (AvgIpc) is 2.61. The highest BCUT2D eigenvalue weighted by Crippen LogP contribution is 2.30. The molecular formula is C19H23NO5S. The van der Waals surface area contributed by atoms with Gasteiger partial charge in [0.05, 0.1) is 30.4 Å². The van der Waals surface area contributed by atoms with Crippen LogP contribution in [0.3, 0.4) is 0 Å². The number of ether oxygens (including phenoxy) is 2. The number of carbonyl (C=O) groups excluding carboxylic acids is 1. The minimum Gasteiger partial charge on any atom is -0.496 e. The zero-order valence-electron chi connectivity index (χ0n) is 15.5. The lowest BCUT2D eigenvalue weighted by atomic mass is 10.0. The van der Waals surface area contributed by atoms with Crippen molar-refractivity contribution in [3.8, 4) is 5.75 Å². The lowest BCUT2D eigenvalue weighted by Crippen LogP contribution is -2.15. The third-order valence-electron chi connectivity index (χ3n) is 4.04. The Labute approximate surface area is 154 Å². The molecule has 26 heavy (non-hydrogen) atoms. The molecule has 0 spiro atoms. The second kappa shape index (κ2) is 7.78. The Morgan fingerprint density at radius 2 is 1.77 bits per heavy atom. The van der Waals surface area contributed by atoms with Gasteiger partial charge < -0.3 is 9.47 Å². The van der Waals surface area contributed by atoms with Crippen molar-refractivity contribution in [2.75, 3.05) is 18.9 Å². The molecule has 0 aliphatic carbocycles. The van der Waals surface area contributed by atoms with Gasteiger partial charge in [-0.25, -0.2) is 13.2 Å². The maximum Gasteiger partial charge on any atom is 0.337 e. The topological polar surface area (TPSA) is 81.7 Å². The number of anilines is 1. The van der Waals surface area contributed by atoms with Gasteiger partial charge in [0.1, 0.15) is 5.75 Å². The van der Waals surface area contributed by atoms with Crippen LogP contribution in [0.15, 0.2) is 41.3 Å². The third-order valence-corrected chi connectivity index (χ3v) is 5.40. The van der Waals surface area contributed by atoms with Crippen LogP contribution in [-0.2, 0) is 14.8 Å². The number of hydrogen-bond donors (Lipinski definition) is 1. The summed E-state index contributed by atoms with van der Waals surface area (Å²) in [5.74, 6) is 0.212. The van der Waals surface area contributed by atoms with Crippen LogP contribution in [0.1, 0.15) is 41.3 Å². The number of benzene rings is 2. The van der Waals surface area contributed by atoms with Crippen molar-refractivity contribution in [3.05, 3.63) is 53.1 Å². The Kier molecular flexibility index (Phi) is 5.92. The minimum atomic E-state index is -3.82. The number of rotatable bonds is 6. The number of sulfonamides is 1. The molecule has 0 amide bonds. The third kappa shape index (κ3) is 4.16. The molecule has 140 valence electrons. The molecule has 2 aromatic rings. The second-order valence-corrected chi connectivity index (χ2v) is 7.87. The number of esters is 1. The molecule has 0 fully saturated rings. The predicted molar refractivity (Wildman–Crippen MR) is 100 cm³/mol. The van der Waals surface area contributed by atoms with E-state index in [2.05, 4.69) is 9.46 Å². The van der Waals surface area contributed by atoms with Gasteiger partial charge in [0, 0.05) is 0 Å². The molecule has 0 saturated carbocycles. The maximum atomic E-state index is 12.8. The van der Waals surface area contributed by atoms with E-state index in [1.807, 2.05) is 13.8 Å². The molecule has 0 radical (unpaired) electrons. The van der Waals surface area contributed by atoms with Gasteiger partial charge in [0.2, 0.25) is 0 Å². The van der Waals surface area contributed by atoms with Gasteiger partial charge in [0.15, 0.2) is 0 Å². The summed E-state index contributed by atoms with van der Waals surface area (Å²) in [5, 5.41) is 0. The lowest BCUT2D eigenvalue weighted by Gasteiger charge is -2.15. The van der Waals surface area contributed by atoms with Crippen LogP contribution in [0.2, 0.25) is 0 Å². The van der Waals surface area contributed by atoms with Crippen molar-refractivity contribution in [1.82, 2.24) is 0 Å². The molecule has 7 heteroatoms. The first kappa shape index (κ1) is 19.8. The van der Waals surface area contributed by atoms with Crippen molar-refractivity contribution in [2.24, 2.45) is 0 Å². The molecule has 0 bridgehead atoms. The quantitative estimate of drug-likeness (QED) is 0.776. The number of methoxy groups -OCH3 is 2. The van der Waals surface area contributed by atoms with Gasteiger partial charge >= 0.3 is 5.97 Å². The average molecular weight is 377 g/mol. The fraction of sp³-hybridized carbons (Fsp3) is 0.316. The number of hydrogen-bond acceptors (Lipinski definition) is 5. The summed E-state index contributed by atoms with van der Waals surface area (Å²) in [7, 11) is -0.998. The van der Waals surface area contributed by atoms with Gasteiger partial charge in [-0.3, -0.25) is 4.72 Å². The number of aryl methyl sites for hydroxylation is 1. The van der Waals surface area contributed by atoms with E-state index in [0.29, 0.717) is 17.0 Å². The maximum absolute atomic E-state index is 12.8. The van der Waals surface area contributed by atoms with Gasteiger partial charge in [-0.1, -0.05) is 19.9 Å². The van der Waals surface area contributed by atoms with Crippen LogP contribution in [0.5, 0.6) is 5.75 Å². The minimum absolute atomic E-state index is 0.101. The Balaban J connectivity index is 2.43. The van der Waals surface area contributed by atoms with E-state index in [1.54, 1.807) is 38.3 Å². The molecule has 0 saturated heterocycles. The fourth-order valence-electron chi connectivity index (χ4n) is 2.51. The predicted octanol–water partition coefficient (Wildman–Crippen LogP) is 3.71. The molecular weight excluding hydrogens is 354 g/mol. The van der Waals surface area contributed by atoms with E-state index in [0.717, 1.165) is 5.56 Å². The standard InChI is InChI=1S/C19H23NO5S/c1-12(2)16-11-15(8-9-18(16)24-4)26(22,23)20-17-10-14(19(21)25-5)7-6-13(17)3/h6-12,20H,1-5H3. The van der Waals surface area contributed by atoms with Gasteiger partial charge in [0.25, 0.3) is 10.0 Å². The molecule has 1 N–H and O–H groups in total. The van der Waals surface area contributed by atoms with Crippen molar-refractivity contribution in [1.29, 1.82) is 0 Å². The van der Waals surface area contributed by atoms with E-state index in [-0.39, 0.29) is 16.4 Å². The highest BCUT2D eigenvalue weighted by Gasteiger charge is 2.19. The summed E-state index contributed by atoms with van der Waals surface area (Å²) in [5.41, 5.74) is 2.09. The van der Waals surface area contributed by atoms with Crippen LogP contribution < -0.4 is 9.46 Å². The molecule has 0 aliphatic rings. The van der Waals surface area contributed by atoms with E-state index < -0.39 is 16.0 Å². The van der Waals surface area contributed by atoms with Crippen LogP contribution in [0, 0.1) is 6.92 Å². The normalized spacial score (nSPS) is 11.3. The number of nitrogens with one attached hydrogen (secondary N) is 1. The largest absolute Gasteiger partial charge is 0.496 e. The zero-order valence-corrected chi connectivity index (χ0v) is 16.3. The van der Waals surface area contributed by atoms with Crippen molar-refractivity contribution in [3.63, 3.8) is 0 Å². The summed E-state index contributed by atoms with van der Waals surface area (Å²) in [6, 6.07) is 9.45. The van der Waals surface area contributed by atoms with Crippen LogP contribution in [0.4, 0.5) is 5.69 Å². The van der Waals surface area contributed by atoms with E-state index in [4.69, 9.17) is 4.74 Å². The number of carbonyl (C=O) groups is 1. The van der Waals surface area contributed by atoms with Crippen LogP contribution in [-0.4, -0.2) is 28.6 Å². The highest BCUT2D eigenvalue weighted by atomic mass is 32.2. The first-order valence-corrected chi connectivity index (χ1v) is 9.57. The fourth-order valence-corrected chi connectivity index (χ4v) is 3.67. The Morgan fingerprint density at radius 3 is 2.35 bits per heavy atom. The van der Waals surface area contributed by atoms with Crippen LogP contribution in [0.25, 0.3) is 0 Å². The van der Waals surface area contributed by atoms with Crippen molar-refractivity contribution < 1.29 is 22.7 Å².